The van der Waals surface area contributed by atoms with Crippen molar-refractivity contribution in [1.29, 1.82) is 0 Å². The SMILES string of the molecule is CCCN1C[C@H](C)[C@@H](OC)CN(C)C(=O)c2ccc(NC(=O)c3cccc(OC)c3)cc2OC[C@@H]1C. The topological polar surface area (TPSA) is 80.3 Å². The maximum Gasteiger partial charge on any atom is 0.257 e. The molecule has 0 spiro atoms. The number of hydrogen-bond acceptors (Lipinski definition) is 6. The molecule has 196 valence electrons. The number of amides is 2. The lowest BCUT2D eigenvalue weighted by molar-refractivity contribution is 0.0108. The zero-order valence-corrected chi connectivity index (χ0v) is 22.2. The van der Waals surface area contributed by atoms with E-state index in [-0.39, 0.29) is 29.9 Å². The van der Waals surface area contributed by atoms with Gasteiger partial charge in [0.05, 0.1) is 18.8 Å². The molecule has 0 saturated heterocycles. The molecule has 0 bridgehead atoms. The molecule has 2 aromatic carbocycles. The third kappa shape index (κ3) is 6.77. The molecule has 2 aromatic rings. The minimum absolute atomic E-state index is 0.0873. The molecule has 0 aromatic heterocycles. The molecule has 3 rings (SSSR count). The average molecular weight is 498 g/mol. The molecule has 1 N–H and O–H groups in total. The van der Waals surface area contributed by atoms with Gasteiger partial charge in [0.25, 0.3) is 11.8 Å². The van der Waals surface area contributed by atoms with Crippen LogP contribution in [0.2, 0.25) is 0 Å². The van der Waals surface area contributed by atoms with Crippen molar-refractivity contribution >= 4 is 17.5 Å². The molecule has 0 fully saturated rings. The summed E-state index contributed by atoms with van der Waals surface area (Å²) in [4.78, 5) is 30.3. The summed E-state index contributed by atoms with van der Waals surface area (Å²) in [5, 5.41) is 2.90. The molecule has 1 heterocycles. The van der Waals surface area contributed by atoms with Crippen LogP contribution in [0.1, 0.15) is 47.9 Å². The number of hydrogen-bond donors (Lipinski definition) is 1. The zero-order valence-electron chi connectivity index (χ0n) is 22.2. The Hall–Kier alpha value is -3.10. The Balaban J connectivity index is 1.91. The van der Waals surface area contributed by atoms with Gasteiger partial charge < -0.3 is 24.4 Å². The second-order valence-corrected chi connectivity index (χ2v) is 9.49. The summed E-state index contributed by atoms with van der Waals surface area (Å²) in [6, 6.07) is 12.2. The molecular formula is C28H39N3O5. The number of carbonyl (C=O) groups is 2. The minimum Gasteiger partial charge on any atom is -0.497 e. The van der Waals surface area contributed by atoms with E-state index >= 15 is 0 Å². The van der Waals surface area contributed by atoms with E-state index in [1.54, 1.807) is 68.6 Å². The third-order valence-corrected chi connectivity index (χ3v) is 6.68. The predicted molar refractivity (Wildman–Crippen MR) is 141 cm³/mol. The van der Waals surface area contributed by atoms with Gasteiger partial charge in [-0.3, -0.25) is 14.5 Å². The molecule has 8 heteroatoms. The second kappa shape index (κ2) is 12.7. The Bertz CT molecular complexity index is 1040. The van der Waals surface area contributed by atoms with Gasteiger partial charge in [0, 0.05) is 50.6 Å². The summed E-state index contributed by atoms with van der Waals surface area (Å²) in [6.07, 6.45) is 0.945. The smallest absolute Gasteiger partial charge is 0.257 e. The van der Waals surface area contributed by atoms with Crippen LogP contribution in [0.25, 0.3) is 0 Å². The fourth-order valence-corrected chi connectivity index (χ4v) is 4.49. The lowest BCUT2D eigenvalue weighted by Gasteiger charge is -2.35. The van der Waals surface area contributed by atoms with Gasteiger partial charge in [0.15, 0.2) is 0 Å². The Morgan fingerprint density at radius 3 is 2.61 bits per heavy atom. The first-order chi connectivity index (χ1) is 17.3. The lowest BCUT2D eigenvalue weighted by Crippen LogP contribution is -2.46. The average Bonchev–Trinajstić information content (AvgIpc) is 2.89. The Kier molecular flexibility index (Phi) is 9.73. The van der Waals surface area contributed by atoms with Gasteiger partial charge in [-0.25, -0.2) is 0 Å². The van der Waals surface area contributed by atoms with Crippen molar-refractivity contribution in [2.24, 2.45) is 5.92 Å². The summed E-state index contributed by atoms with van der Waals surface area (Å²) < 4.78 is 17.2. The van der Waals surface area contributed by atoms with Crippen LogP contribution < -0.4 is 14.8 Å². The lowest BCUT2D eigenvalue weighted by atomic mass is 10.0. The number of nitrogens with zero attached hydrogens (tertiary/aromatic N) is 2. The number of ether oxygens (including phenoxy) is 3. The number of rotatable bonds is 6. The standard InChI is InChI=1S/C28H39N3O5/c1-7-13-31-16-19(2)26(35-6)17-30(4)28(33)24-12-11-22(15-25(24)36-18-20(31)3)29-27(32)21-9-8-10-23(14-21)34-5/h8-12,14-15,19-20,26H,7,13,16-18H2,1-6H3,(H,29,32)/t19-,20-,26-/m0/s1. The summed E-state index contributed by atoms with van der Waals surface area (Å²) in [7, 11) is 5.04. The normalized spacial score (nSPS) is 21.6. The number of anilines is 1. The first kappa shape index (κ1) is 27.5. The molecule has 1 aliphatic rings. The van der Waals surface area contributed by atoms with Crippen LogP contribution in [0.5, 0.6) is 11.5 Å². The molecule has 36 heavy (non-hydrogen) atoms. The fourth-order valence-electron chi connectivity index (χ4n) is 4.49. The Morgan fingerprint density at radius 2 is 1.92 bits per heavy atom. The van der Waals surface area contributed by atoms with Crippen LogP contribution >= 0.6 is 0 Å². The van der Waals surface area contributed by atoms with Crippen LogP contribution in [-0.4, -0.2) is 81.3 Å². The Morgan fingerprint density at radius 1 is 1.14 bits per heavy atom. The van der Waals surface area contributed by atoms with Gasteiger partial charge in [-0.15, -0.1) is 0 Å². The van der Waals surface area contributed by atoms with Crippen LogP contribution in [0.15, 0.2) is 42.5 Å². The van der Waals surface area contributed by atoms with Gasteiger partial charge in [-0.1, -0.05) is 19.9 Å². The molecule has 0 aliphatic carbocycles. The molecule has 0 unspecified atom stereocenters. The highest BCUT2D eigenvalue weighted by Gasteiger charge is 2.28. The highest BCUT2D eigenvalue weighted by molar-refractivity contribution is 6.05. The summed E-state index contributed by atoms with van der Waals surface area (Å²) >= 11 is 0. The van der Waals surface area contributed by atoms with E-state index in [9.17, 15) is 9.59 Å². The number of nitrogens with one attached hydrogen (secondary N) is 1. The van der Waals surface area contributed by atoms with Gasteiger partial charge in [-0.2, -0.15) is 0 Å². The van der Waals surface area contributed by atoms with E-state index in [1.165, 1.54) is 0 Å². The maximum absolute atomic E-state index is 13.4. The van der Waals surface area contributed by atoms with Crippen LogP contribution in [0, 0.1) is 5.92 Å². The van der Waals surface area contributed by atoms with Crippen molar-refractivity contribution in [3.63, 3.8) is 0 Å². The van der Waals surface area contributed by atoms with E-state index in [0.717, 1.165) is 19.5 Å². The maximum atomic E-state index is 13.4. The molecule has 1 aliphatic heterocycles. The molecular weight excluding hydrogens is 458 g/mol. The molecule has 0 radical (unpaired) electrons. The van der Waals surface area contributed by atoms with Crippen molar-refractivity contribution in [1.82, 2.24) is 9.80 Å². The van der Waals surface area contributed by atoms with Crippen LogP contribution in [0.3, 0.4) is 0 Å². The van der Waals surface area contributed by atoms with E-state index in [1.807, 2.05) is 0 Å². The fraction of sp³-hybridized carbons (Fsp3) is 0.500. The molecule has 0 saturated carbocycles. The van der Waals surface area contributed by atoms with Gasteiger partial charge in [-0.05, 0) is 56.1 Å². The zero-order chi connectivity index (χ0) is 26.2. The second-order valence-electron chi connectivity index (χ2n) is 9.49. The first-order valence-electron chi connectivity index (χ1n) is 12.5. The van der Waals surface area contributed by atoms with E-state index < -0.39 is 0 Å². The molecule has 2 amide bonds. The predicted octanol–water partition coefficient (Wildman–Crippen LogP) is 4.16. The van der Waals surface area contributed by atoms with Crippen molar-refractivity contribution in [2.75, 3.05) is 52.8 Å². The van der Waals surface area contributed by atoms with Crippen LogP contribution in [-0.2, 0) is 4.74 Å². The number of methoxy groups -OCH3 is 2. The van der Waals surface area contributed by atoms with Crippen molar-refractivity contribution < 1.29 is 23.8 Å². The molecule has 3 atom stereocenters. The third-order valence-electron chi connectivity index (χ3n) is 6.68. The summed E-state index contributed by atoms with van der Waals surface area (Å²) in [5.74, 6) is 0.869. The van der Waals surface area contributed by atoms with Gasteiger partial charge in [0.2, 0.25) is 0 Å². The van der Waals surface area contributed by atoms with Crippen molar-refractivity contribution in [3.05, 3.63) is 53.6 Å². The summed E-state index contributed by atoms with van der Waals surface area (Å²) in [6.45, 7) is 9.16. The first-order valence-corrected chi connectivity index (χ1v) is 12.5. The number of fused-ring (bicyclic) bond motifs is 1. The van der Waals surface area contributed by atoms with E-state index in [2.05, 4.69) is 31.0 Å². The van der Waals surface area contributed by atoms with E-state index in [0.29, 0.717) is 41.5 Å². The van der Waals surface area contributed by atoms with Gasteiger partial charge >= 0.3 is 0 Å². The minimum atomic E-state index is -0.273. The van der Waals surface area contributed by atoms with Crippen LogP contribution in [0.4, 0.5) is 5.69 Å². The quantitative estimate of drug-likeness (QED) is 0.646. The number of carbonyl (C=O) groups excluding carboxylic acids is 2. The molecule has 8 nitrogen and oxygen atoms in total. The Labute approximate surface area is 214 Å². The highest BCUT2D eigenvalue weighted by atomic mass is 16.5. The number of likely N-dealkylation sites (N-methyl/N-ethyl adjacent to an activating group) is 1. The summed E-state index contributed by atoms with van der Waals surface area (Å²) in [5.41, 5.74) is 1.47. The van der Waals surface area contributed by atoms with E-state index in [4.69, 9.17) is 14.2 Å². The van der Waals surface area contributed by atoms with Crippen molar-refractivity contribution in [3.8, 4) is 11.5 Å². The number of benzene rings is 2. The van der Waals surface area contributed by atoms with Crippen molar-refractivity contribution in [2.45, 2.75) is 39.3 Å². The van der Waals surface area contributed by atoms with Gasteiger partial charge in [0.1, 0.15) is 18.1 Å². The highest BCUT2D eigenvalue weighted by Crippen LogP contribution is 2.27. The largest absolute Gasteiger partial charge is 0.497 e. The monoisotopic (exact) mass is 497 g/mol.